The molecule has 0 atom stereocenters. The molecule has 0 aromatic heterocycles. The molecule has 11 heavy (non-hydrogen) atoms. The molecule has 0 aliphatic carbocycles. The minimum Gasteiger partial charge on any atom is -0.326 e. The molecule has 2 N–H and O–H groups in total. The van der Waals surface area contributed by atoms with E-state index in [1.54, 1.807) is 0 Å². The Bertz CT molecular complexity index is 250. The van der Waals surface area contributed by atoms with Gasteiger partial charge in [0.1, 0.15) is 5.82 Å². The average molecular weight is 218 g/mol. The molecule has 1 rings (SSSR count). The maximum Gasteiger partial charge on any atom is 0.124 e. The Morgan fingerprint density at radius 1 is 1.55 bits per heavy atom. The van der Waals surface area contributed by atoms with Gasteiger partial charge in [-0.1, -0.05) is 15.9 Å². The van der Waals surface area contributed by atoms with Crippen molar-refractivity contribution in [1.82, 2.24) is 0 Å². The lowest BCUT2D eigenvalue weighted by atomic mass is 10.1. The van der Waals surface area contributed by atoms with Gasteiger partial charge in [0.05, 0.1) is 0 Å². The van der Waals surface area contributed by atoms with E-state index < -0.39 is 0 Å². The summed E-state index contributed by atoms with van der Waals surface area (Å²) in [7, 11) is 0. The van der Waals surface area contributed by atoms with E-state index in [1.807, 2.05) is 6.92 Å². The van der Waals surface area contributed by atoms with E-state index >= 15 is 0 Å². The standard InChI is InChI=1S/C8H9BrFN/c1-5-2-6(10)3-8(9)7(5)4-11/h2-3H,4,11H2,1H3. The summed E-state index contributed by atoms with van der Waals surface area (Å²) in [6, 6.07) is 2.90. The molecule has 0 saturated carbocycles. The monoisotopic (exact) mass is 217 g/mol. The minimum atomic E-state index is -0.230. The van der Waals surface area contributed by atoms with Crippen molar-refractivity contribution in [2.45, 2.75) is 13.5 Å². The van der Waals surface area contributed by atoms with E-state index in [0.717, 1.165) is 15.6 Å². The highest BCUT2D eigenvalue weighted by Crippen LogP contribution is 2.21. The normalized spacial score (nSPS) is 10.2. The van der Waals surface area contributed by atoms with E-state index in [9.17, 15) is 4.39 Å². The second-order valence-corrected chi connectivity index (χ2v) is 3.24. The molecule has 1 aromatic rings. The first-order valence-electron chi connectivity index (χ1n) is 3.29. The summed E-state index contributed by atoms with van der Waals surface area (Å²) in [6.07, 6.45) is 0. The van der Waals surface area contributed by atoms with Gasteiger partial charge in [0.15, 0.2) is 0 Å². The fourth-order valence-corrected chi connectivity index (χ4v) is 1.68. The number of benzene rings is 1. The van der Waals surface area contributed by atoms with Crippen LogP contribution >= 0.6 is 15.9 Å². The summed E-state index contributed by atoms with van der Waals surface area (Å²) in [6.45, 7) is 2.28. The Morgan fingerprint density at radius 2 is 2.18 bits per heavy atom. The number of aryl methyl sites for hydroxylation is 1. The second-order valence-electron chi connectivity index (χ2n) is 2.39. The van der Waals surface area contributed by atoms with Crippen LogP contribution in [0.1, 0.15) is 11.1 Å². The Balaban J connectivity index is 3.25. The fraction of sp³-hybridized carbons (Fsp3) is 0.250. The molecule has 0 aliphatic heterocycles. The van der Waals surface area contributed by atoms with Crippen LogP contribution in [0.25, 0.3) is 0 Å². The number of rotatable bonds is 1. The van der Waals surface area contributed by atoms with Crippen molar-refractivity contribution in [1.29, 1.82) is 0 Å². The van der Waals surface area contributed by atoms with Crippen LogP contribution in [0.4, 0.5) is 4.39 Å². The first-order valence-corrected chi connectivity index (χ1v) is 4.09. The van der Waals surface area contributed by atoms with E-state index in [4.69, 9.17) is 5.73 Å². The molecular formula is C8H9BrFN. The third kappa shape index (κ3) is 1.79. The summed E-state index contributed by atoms with van der Waals surface area (Å²) < 4.78 is 13.4. The van der Waals surface area contributed by atoms with Crippen molar-refractivity contribution in [3.05, 3.63) is 33.5 Å². The minimum absolute atomic E-state index is 0.230. The van der Waals surface area contributed by atoms with Gasteiger partial charge in [-0.15, -0.1) is 0 Å². The van der Waals surface area contributed by atoms with Crippen LogP contribution in [0.2, 0.25) is 0 Å². The van der Waals surface area contributed by atoms with Crippen molar-refractivity contribution >= 4 is 15.9 Å². The molecule has 1 aromatic carbocycles. The number of hydrogen-bond donors (Lipinski definition) is 1. The van der Waals surface area contributed by atoms with Crippen LogP contribution in [0.3, 0.4) is 0 Å². The fourth-order valence-electron chi connectivity index (χ4n) is 0.991. The molecule has 60 valence electrons. The molecule has 0 heterocycles. The van der Waals surface area contributed by atoms with Gasteiger partial charge in [-0.05, 0) is 30.2 Å². The first-order chi connectivity index (χ1) is 5.15. The maximum absolute atomic E-state index is 12.7. The van der Waals surface area contributed by atoms with Gasteiger partial charge in [0.25, 0.3) is 0 Å². The molecular weight excluding hydrogens is 209 g/mol. The Hall–Kier alpha value is -0.410. The maximum atomic E-state index is 12.7. The van der Waals surface area contributed by atoms with Crippen molar-refractivity contribution < 1.29 is 4.39 Å². The average Bonchev–Trinajstić information content (AvgIpc) is 1.85. The topological polar surface area (TPSA) is 26.0 Å². The smallest absolute Gasteiger partial charge is 0.124 e. The van der Waals surface area contributed by atoms with Crippen molar-refractivity contribution in [3.8, 4) is 0 Å². The van der Waals surface area contributed by atoms with Gasteiger partial charge < -0.3 is 5.73 Å². The highest BCUT2D eigenvalue weighted by molar-refractivity contribution is 9.10. The largest absolute Gasteiger partial charge is 0.326 e. The van der Waals surface area contributed by atoms with E-state index in [2.05, 4.69) is 15.9 Å². The molecule has 0 unspecified atom stereocenters. The summed E-state index contributed by atoms with van der Waals surface area (Å²) in [5.74, 6) is -0.230. The van der Waals surface area contributed by atoms with Crippen molar-refractivity contribution in [3.63, 3.8) is 0 Å². The Morgan fingerprint density at radius 3 is 2.64 bits per heavy atom. The van der Waals surface area contributed by atoms with Crippen LogP contribution < -0.4 is 5.73 Å². The highest BCUT2D eigenvalue weighted by Gasteiger charge is 2.03. The van der Waals surface area contributed by atoms with Crippen molar-refractivity contribution in [2.24, 2.45) is 5.73 Å². The van der Waals surface area contributed by atoms with E-state index in [0.29, 0.717) is 6.54 Å². The summed E-state index contributed by atoms with van der Waals surface area (Å²) in [5, 5.41) is 0. The summed E-state index contributed by atoms with van der Waals surface area (Å²) in [5.41, 5.74) is 7.30. The van der Waals surface area contributed by atoms with E-state index in [-0.39, 0.29) is 5.82 Å². The van der Waals surface area contributed by atoms with Gasteiger partial charge in [-0.2, -0.15) is 0 Å². The third-order valence-electron chi connectivity index (χ3n) is 1.59. The summed E-state index contributed by atoms with van der Waals surface area (Å²) in [4.78, 5) is 0. The lowest BCUT2D eigenvalue weighted by molar-refractivity contribution is 0.624. The molecule has 0 fully saturated rings. The second kappa shape index (κ2) is 3.32. The van der Waals surface area contributed by atoms with Gasteiger partial charge >= 0.3 is 0 Å². The van der Waals surface area contributed by atoms with Crippen LogP contribution in [-0.2, 0) is 6.54 Å². The zero-order valence-corrected chi connectivity index (χ0v) is 7.78. The van der Waals surface area contributed by atoms with Gasteiger partial charge in [-0.3, -0.25) is 0 Å². The SMILES string of the molecule is Cc1cc(F)cc(Br)c1CN. The number of nitrogens with two attached hydrogens (primary N) is 1. The van der Waals surface area contributed by atoms with Crippen LogP contribution in [0, 0.1) is 12.7 Å². The van der Waals surface area contributed by atoms with Crippen LogP contribution in [0.5, 0.6) is 0 Å². The highest BCUT2D eigenvalue weighted by atomic mass is 79.9. The van der Waals surface area contributed by atoms with Gasteiger partial charge in [-0.25, -0.2) is 4.39 Å². The molecule has 0 saturated heterocycles. The molecule has 1 nitrogen and oxygen atoms in total. The van der Waals surface area contributed by atoms with Crippen molar-refractivity contribution in [2.75, 3.05) is 0 Å². The lowest BCUT2D eigenvalue weighted by Gasteiger charge is -2.04. The Labute approximate surface area is 73.5 Å². The number of halogens is 2. The van der Waals surface area contributed by atoms with Crippen LogP contribution in [0.15, 0.2) is 16.6 Å². The molecule has 0 amide bonds. The predicted octanol–water partition coefficient (Wildman–Crippen LogP) is 2.36. The van der Waals surface area contributed by atoms with Gasteiger partial charge in [0, 0.05) is 11.0 Å². The molecule has 0 aliphatic rings. The van der Waals surface area contributed by atoms with Crippen LogP contribution in [-0.4, -0.2) is 0 Å². The molecule has 0 bridgehead atoms. The predicted molar refractivity (Wildman–Crippen MR) is 46.7 cm³/mol. The van der Waals surface area contributed by atoms with E-state index in [1.165, 1.54) is 12.1 Å². The molecule has 0 radical (unpaired) electrons. The zero-order chi connectivity index (χ0) is 8.43. The Kier molecular flexibility index (Phi) is 2.62. The van der Waals surface area contributed by atoms with Gasteiger partial charge in [0.2, 0.25) is 0 Å². The quantitative estimate of drug-likeness (QED) is 0.769. The lowest BCUT2D eigenvalue weighted by Crippen LogP contribution is -2.00. The zero-order valence-electron chi connectivity index (χ0n) is 6.20. The number of hydrogen-bond acceptors (Lipinski definition) is 1. The molecule has 0 spiro atoms. The first kappa shape index (κ1) is 8.68. The third-order valence-corrected chi connectivity index (χ3v) is 2.29. The molecule has 3 heteroatoms. The summed E-state index contributed by atoms with van der Waals surface area (Å²) >= 11 is 3.24.